The number of sulfonamides is 1. The van der Waals surface area contributed by atoms with Gasteiger partial charge in [0.05, 0.1) is 0 Å². The Kier molecular flexibility index (Phi) is 5.38. The van der Waals surface area contributed by atoms with Gasteiger partial charge in [-0.2, -0.15) is 4.37 Å². The molecule has 3 aromatic rings. The highest BCUT2D eigenvalue weighted by molar-refractivity contribution is 7.93. The summed E-state index contributed by atoms with van der Waals surface area (Å²) in [5.41, 5.74) is 0.910. The van der Waals surface area contributed by atoms with Crippen molar-refractivity contribution in [3.63, 3.8) is 0 Å². The third kappa shape index (κ3) is 4.32. The molecule has 1 fully saturated rings. The minimum absolute atomic E-state index is 0.0675. The molecule has 29 heavy (non-hydrogen) atoms. The molecule has 0 amide bonds. The van der Waals surface area contributed by atoms with E-state index in [0.29, 0.717) is 17.2 Å². The summed E-state index contributed by atoms with van der Waals surface area (Å²) in [6, 6.07) is 6.17. The number of nitrogens with zero attached hydrogens (tertiary/aromatic N) is 2. The Morgan fingerprint density at radius 3 is 2.62 bits per heavy atom. The number of aromatic nitrogens is 2. The van der Waals surface area contributed by atoms with E-state index in [0.717, 1.165) is 36.5 Å². The highest BCUT2D eigenvalue weighted by Crippen LogP contribution is 2.33. The van der Waals surface area contributed by atoms with Gasteiger partial charge in [-0.1, -0.05) is 11.6 Å². The zero-order valence-corrected chi connectivity index (χ0v) is 16.9. The minimum Gasteiger partial charge on any atom is -0.454 e. The van der Waals surface area contributed by atoms with Gasteiger partial charge < -0.3 is 10.1 Å². The number of rotatable bonds is 6. The number of ether oxygens (including phenoxy) is 1. The summed E-state index contributed by atoms with van der Waals surface area (Å²) in [4.78, 5) is 2.78. The molecule has 0 atom stereocenters. The van der Waals surface area contributed by atoms with Crippen LogP contribution in [0, 0.1) is 11.6 Å². The Morgan fingerprint density at radius 1 is 1.17 bits per heavy atom. The summed E-state index contributed by atoms with van der Waals surface area (Å²) in [6.45, 7) is 1.58. The van der Waals surface area contributed by atoms with Crippen molar-refractivity contribution < 1.29 is 21.9 Å². The predicted octanol–water partition coefficient (Wildman–Crippen LogP) is 3.75. The van der Waals surface area contributed by atoms with Crippen LogP contribution in [0.15, 0.2) is 41.6 Å². The molecule has 0 bridgehead atoms. The molecule has 7 nitrogen and oxygen atoms in total. The fourth-order valence-electron chi connectivity index (χ4n) is 2.71. The van der Waals surface area contributed by atoms with Gasteiger partial charge >= 0.3 is 0 Å². The zero-order valence-electron chi connectivity index (χ0n) is 14.5. The highest BCUT2D eigenvalue weighted by atomic mass is 35.5. The molecule has 12 heteroatoms. The molecule has 0 radical (unpaired) electrons. The first kappa shape index (κ1) is 20.0. The standard InChI is InChI=1S/C17H13ClF2N4O3S2/c18-11-1-9(10-6-21-7-10)2-12(3-11)27-15-4-14(20)16(5-13(15)19)29(25,26)24-17-22-8-23-28-17/h1-5,8,10,21H,6-7H2,(H,22,23,24). The lowest BCUT2D eigenvalue weighted by Crippen LogP contribution is -2.39. The lowest BCUT2D eigenvalue weighted by Gasteiger charge is -2.28. The summed E-state index contributed by atoms with van der Waals surface area (Å²) in [6.07, 6.45) is 1.13. The largest absolute Gasteiger partial charge is 0.454 e. The van der Waals surface area contributed by atoms with E-state index in [1.165, 1.54) is 6.07 Å². The molecule has 2 N–H and O–H groups in total. The molecule has 1 aliphatic heterocycles. The molecular weight excluding hydrogens is 446 g/mol. The Labute approximate surface area is 173 Å². The summed E-state index contributed by atoms with van der Waals surface area (Å²) in [7, 11) is -4.39. The van der Waals surface area contributed by atoms with Crippen LogP contribution in [0.1, 0.15) is 11.5 Å². The fourth-order valence-corrected chi connectivity index (χ4v) is 4.68. The molecule has 1 aromatic heterocycles. The van der Waals surface area contributed by atoms with Crippen LogP contribution in [0.3, 0.4) is 0 Å². The average Bonchev–Trinajstić information content (AvgIpc) is 3.08. The van der Waals surface area contributed by atoms with Crippen LogP contribution in [-0.2, 0) is 10.0 Å². The summed E-state index contributed by atoms with van der Waals surface area (Å²) < 4.78 is 64.7. The van der Waals surface area contributed by atoms with Crippen molar-refractivity contribution in [1.29, 1.82) is 0 Å². The quantitative estimate of drug-likeness (QED) is 0.584. The van der Waals surface area contributed by atoms with E-state index in [-0.39, 0.29) is 16.8 Å². The third-order valence-corrected chi connectivity index (χ3v) is 6.51. The predicted molar refractivity (Wildman–Crippen MR) is 104 cm³/mol. The van der Waals surface area contributed by atoms with Crippen LogP contribution in [0.4, 0.5) is 13.9 Å². The van der Waals surface area contributed by atoms with Gasteiger partial charge in [0.1, 0.15) is 22.8 Å². The summed E-state index contributed by atoms with van der Waals surface area (Å²) >= 11 is 6.86. The van der Waals surface area contributed by atoms with Gasteiger partial charge in [-0.15, -0.1) is 0 Å². The van der Waals surface area contributed by atoms with Gasteiger partial charge in [-0.05, 0) is 23.8 Å². The number of nitrogens with one attached hydrogen (secondary N) is 2. The Morgan fingerprint density at radius 2 is 1.97 bits per heavy atom. The number of benzene rings is 2. The Balaban J connectivity index is 1.61. The second kappa shape index (κ2) is 7.82. The first-order chi connectivity index (χ1) is 13.8. The molecule has 2 heterocycles. The van der Waals surface area contributed by atoms with Crippen LogP contribution >= 0.6 is 23.1 Å². The van der Waals surface area contributed by atoms with Crippen molar-refractivity contribution in [3.05, 3.63) is 58.9 Å². The van der Waals surface area contributed by atoms with E-state index < -0.39 is 32.3 Å². The topological polar surface area (TPSA) is 93.2 Å². The van der Waals surface area contributed by atoms with Crippen molar-refractivity contribution in [2.45, 2.75) is 10.8 Å². The van der Waals surface area contributed by atoms with Crippen molar-refractivity contribution in [2.24, 2.45) is 0 Å². The number of halogens is 3. The van der Waals surface area contributed by atoms with Crippen LogP contribution in [0.5, 0.6) is 11.5 Å². The van der Waals surface area contributed by atoms with E-state index >= 15 is 0 Å². The lowest BCUT2D eigenvalue weighted by atomic mass is 9.94. The van der Waals surface area contributed by atoms with Crippen molar-refractivity contribution in [3.8, 4) is 11.5 Å². The third-order valence-electron chi connectivity index (χ3n) is 4.23. The number of hydrogen-bond donors (Lipinski definition) is 2. The van der Waals surface area contributed by atoms with Crippen molar-refractivity contribution in [2.75, 3.05) is 17.8 Å². The monoisotopic (exact) mass is 458 g/mol. The lowest BCUT2D eigenvalue weighted by molar-refractivity contribution is 0.425. The van der Waals surface area contributed by atoms with Gasteiger partial charge in [-0.3, -0.25) is 4.72 Å². The second-order valence-electron chi connectivity index (χ2n) is 6.24. The number of anilines is 1. The van der Waals surface area contributed by atoms with Crippen LogP contribution in [0.2, 0.25) is 5.02 Å². The smallest absolute Gasteiger partial charge is 0.266 e. The maximum Gasteiger partial charge on any atom is 0.266 e. The molecule has 1 saturated heterocycles. The maximum absolute atomic E-state index is 14.5. The molecule has 1 aliphatic rings. The van der Waals surface area contributed by atoms with Crippen LogP contribution < -0.4 is 14.8 Å². The van der Waals surface area contributed by atoms with Crippen LogP contribution in [-0.4, -0.2) is 30.9 Å². The normalized spacial score (nSPS) is 14.4. The molecule has 4 rings (SSSR count). The van der Waals surface area contributed by atoms with E-state index in [4.69, 9.17) is 16.3 Å². The molecular formula is C17H13ClF2N4O3S2. The summed E-state index contributed by atoms with van der Waals surface area (Å²) in [5, 5.41) is 3.46. The van der Waals surface area contributed by atoms with Crippen molar-refractivity contribution >= 4 is 38.3 Å². The average molecular weight is 459 g/mol. The van der Waals surface area contributed by atoms with E-state index in [9.17, 15) is 17.2 Å². The SMILES string of the molecule is O=S(=O)(Nc1ncns1)c1cc(F)c(Oc2cc(Cl)cc(C3CNC3)c2)cc1F. The van der Waals surface area contributed by atoms with E-state index in [1.54, 1.807) is 12.1 Å². The van der Waals surface area contributed by atoms with E-state index in [1.807, 2.05) is 4.72 Å². The Bertz CT molecular complexity index is 1160. The van der Waals surface area contributed by atoms with Crippen molar-refractivity contribution in [1.82, 2.24) is 14.7 Å². The molecule has 0 saturated carbocycles. The maximum atomic E-state index is 14.5. The summed E-state index contributed by atoms with van der Waals surface area (Å²) in [5.74, 6) is -2.20. The minimum atomic E-state index is -4.39. The second-order valence-corrected chi connectivity index (χ2v) is 9.11. The number of hydrogen-bond acceptors (Lipinski definition) is 7. The first-order valence-electron chi connectivity index (χ1n) is 8.29. The van der Waals surface area contributed by atoms with Gasteiger partial charge in [0.25, 0.3) is 10.0 Å². The Hall–Kier alpha value is -2.34. The molecule has 152 valence electrons. The fraction of sp³-hybridized carbons (Fsp3) is 0.176. The highest BCUT2D eigenvalue weighted by Gasteiger charge is 2.25. The molecule has 0 spiro atoms. The van der Waals surface area contributed by atoms with Gasteiger partial charge in [-0.25, -0.2) is 22.2 Å². The molecule has 0 unspecified atom stereocenters. The zero-order chi connectivity index (χ0) is 20.6. The van der Waals surface area contributed by atoms with Gasteiger partial charge in [0, 0.05) is 47.7 Å². The van der Waals surface area contributed by atoms with E-state index in [2.05, 4.69) is 14.7 Å². The van der Waals surface area contributed by atoms with Gasteiger partial charge in [0.15, 0.2) is 11.6 Å². The van der Waals surface area contributed by atoms with Crippen LogP contribution in [0.25, 0.3) is 0 Å². The first-order valence-corrected chi connectivity index (χ1v) is 10.9. The van der Waals surface area contributed by atoms with Gasteiger partial charge in [0.2, 0.25) is 5.13 Å². The molecule has 2 aromatic carbocycles. The molecule has 0 aliphatic carbocycles.